The van der Waals surface area contributed by atoms with Crippen LogP contribution in [0.3, 0.4) is 0 Å². The third kappa shape index (κ3) is 3.28. The molecule has 116 valence electrons. The van der Waals surface area contributed by atoms with Gasteiger partial charge in [0.2, 0.25) is 0 Å². The number of benzene rings is 1. The number of pyridine rings is 1. The molecule has 0 atom stereocenters. The van der Waals surface area contributed by atoms with Crippen LogP contribution in [0.5, 0.6) is 0 Å². The van der Waals surface area contributed by atoms with Gasteiger partial charge in [-0.05, 0) is 41.6 Å². The lowest BCUT2D eigenvalue weighted by Gasteiger charge is -2.14. The summed E-state index contributed by atoms with van der Waals surface area (Å²) in [6.07, 6.45) is 4.78. The van der Waals surface area contributed by atoms with E-state index in [9.17, 15) is 14.0 Å². The maximum Gasteiger partial charge on any atom is 0.293 e. The first-order valence-electron chi connectivity index (χ1n) is 6.64. The Morgan fingerprint density at radius 2 is 2.09 bits per heavy atom. The number of amides is 2. The van der Waals surface area contributed by atoms with Crippen molar-refractivity contribution in [3.05, 3.63) is 69.6 Å². The molecule has 1 aromatic carbocycles. The highest BCUT2D eigenvalue weighted by Crippen LogP contribution is 2.34. The second-order valence-electron chi connectivity index (χ2n) is 4.75. The molecule has 2 amide bonds. The lowest BCUT2D eigenvalue weighted by atomic mass is 10.2. The quantitative estimate of drug-likeness (QED) is 0.783. The van der Waals surface area contributed by atoms with Gasteiger partial charge in [0.25, 0.3) is 11.1 Å². The van der Waals surface area contributed by atoms with E-state index in [0.717, 1.165) is 16.7 Å². The number of rotatable bonds is 3. The third-order valence-corrected chi connectivity index (χ3v) is 4.50. The van der Waals surface area contributed by atoms with Gasteiger partial charge in [-0.25, -0.2) is 4.39 Å². The summed E-state index contributed by atoms with van der Waals surface area (Å²) in [7, 11) is 0. The van der Waals surface area contributed by atoms with Crippen molar-refractivity contribution in [1.82, 2.24) is 9.88 Å². The lowest BCUT2D eigenvalue weighted by Crippen LogP contribution is -2.28. The molecule has 1 aromatic heterocycles. The number of nitrogens with zero attached hydrogens (tertiary/aromatic N) is 2. The third-order valence-electron chi connectivity index (χ3n) is 3.23. The number of imide groups is 1. The molecule has 0 aliphatic carbocycles. The van der Waals surface area contributed by atoms with E-state index in [0.29, 0.717) is 5.56 Å². The van der Waals surface area contributed by atoms with Crippen LogP contribution in [0, 0.1) is 5.82 Å². The van der Waals surface area contributed by atoms with Gasteiger partial charge >= 0.3 is 0 Å². The number of aromatic nitrogens is 1. The minimum atomic E-state index is -0.548. The van der Waals surface area contributed by atoms with Gasteiger partial charge in [0.05, 0.1) is 11.4 Å². The highest BCUT2D eigenvalue weighted by Gasteiger charge is 2.35. The maximum atomic E-state index is 13.8. The fourth-order valence-electron chi connectivity index (χ4n) is 2.09. The van der Waals surface area contributed by atoms with E-state index in [1.54, 1.807) is 30.6 Å². The van der Waals surface area contributed by atoms with Crippen LogP contribution in [0.4, 0.5) is 9.18 Å². The molecule has 7 heteroatoms. The van der Waals surface area contributed by atoms with Crippen molar-refractivity contribution < 1.29 is 14.0 Å². The topological polar surface area (TPSA) is 50.3 Å². The van der Waals surface area contributed by atoms with E-state index < -0.39 is 17.0 Å². The van der Waals surface area contributed by atoms with Gasteiger partial charge in [0, 0.05) is 23.0 Å². The molecule has 0 saturated carbocycles. The van der Waals surface area contributed by atoms with Crippen molar-refractivity contribution in [2.45, 2.75) is 6.54 Å². The van der Waals surface area contributed by atoms with E-state index in [4.69, 9.17) is 11.6 Å². The summed E-state index contributed by atoms with van der Waals surface area (Å²) < 4.78 is 13.8. The SMILES string of the molecule is O=C1S/C(=C\c2cccnc2)C(=O)N1Cc1c(F)cccc1Cl. The Kier molecular flexibility index (Phi) is 4.45. The van der Waals surface area contributed by atoms with Gasteiger partial charge in [-0.2, -0.15) is 0 Å². The van der Waals surface area contributed by atoms with E-state index in [1.807, 2.05) is 0 Å². The van der Waals surface area contributed by atoms with Crippen LogP contribution in [0.1, 0.15) is 11.1 Å². The first-order chi connectivity index (χ1) is 11.1. The number of carbonyl (C=O) groups excluding carboxylic acids is 2. The molecule has 4 nitrogen and oxygen atoms in total. The molecule has 23 heavy (non-hydrogen) atoms. The van der Waals surface area contributed by atoms with E-state index in [-0.39, 0.29) is 22.0 Å². The molecule has 0 radical (unpaired) electrons. The van der Waals surface area contributed by atoms with Crippen molar-refractivity contribution >= 4 is 40.6 Å². The highest BCUT2D eigenvalue weighted by atomic mass is 35.5. The van der Waals surface area contributed by atoms with Gasteiger partial charge in [0.15, 0.2) is 0 Å². The predicted molar refractivity (Wildman–Crippen MR) is 87.2 cm³/mol. The van der Waals surface area contributed by atoms with Crippen LogP contribution in [0.25, 0.3) is 6.08 Å². The molecule has 1 aliphatic heterocycles. The Hall–Kier alpha value is -2.18. The summed E-state index contributed by atoms with van der Waals surface area (Å²) in [4.78, 5) is 29.6. The minimum absolute atomic E-state index is 0.124. The molecule has 0 unspecified atom stereocenters. The van der Waals surface area contributed by atoms with E-state index in [2.05, 4.69) is 4.98 Å². The normalized spacial score (nSPS) is 16.4. The number of thioether (sulfide) groups is 1. The molecule has 0 spiro atoms. The summed E-state index contributed by atoms with van der Waals surface area (Å²) in [5, 5.41) is -0.273. The predicted octanol–water partition coefficient (Wildman–Crippen LogP) is 4.11. The molecule has 2 heterocycles. The largest absolute Gasteiger partial charge is 0.293 e. The van der Waals surface area contributed by atoms with Crippen molar-refractivity contribution in [1.29, 1.82) is 0 Å². The lowest BCUT2D eigenvalue weighted by molar-refractivity contribution is -0.123. The van der Waals surface area contributed by atoms with E-state index >= 15 is 0 Å². The Balaban J connectivity index is 1.86. The van der Waals surface area contributed by atoms with Gasteiger partial charge in [-0.1, -0.05) is 23.7 Å². The molecule has 0 N–H and O–H groups in total. The maximum absolute atomic E-state index is 13.8. The fraction of sp³-hybridized carbons (Fsp3) is 0.0625. The van der Waals surface area contributed by atoms with Crippen LogP contribution in [0.15, 0.2) is 47.6 Å². The summed E-state index contributed by atoms with van der Waals surface area (Å²) in [6.45, 7) is -0.194. The molecule has 3 rings (SSSR count). The van der Waals surface area contributed by atoms with Crippen LogP contribution in [0.2, 0.25) is 5.02 Å². The monoisotopic (exact) mass is 348 g/mol. The fourth-order valence-corrected chi connectivity index (χ4v) is 3.15. The van der Waals surface area contributed by atoms with Crippen molar-refractivity contribution in [2.75, 3.05) is 0 Å². The molecular formula is C16H10ClFN2O2S. The molecule has 1 saturated heterocycles. The van der Waals surface area contributed by atoms with Crippen LogP contribution in [-0.2, 0) is 11.3 Å². The molecular weight excluding hydrogens is 339 g/mol. The average Bonchev–Trinajstić information content (AvgIpc) is 2.79. The molecule has 2 aromatic rings. The smallest absolute Gasteiger partial charge is 0.268 e. The second-order valence-corrected chi connectivity index (χ2v) is 6.15. The van der Waals surface area contributed by atoms with Crippen molar-refractivity contribution in [3.8, 4) is 0 Å². The average molecular weight is 349 g/mol. The zero-order chi connectivity index (χ0) is 16.4. The Morgan fingerprint density at radius 1 is 1.26 bits per heavy atom. The molecule has 1 aliphatic rings. The summed E-state index contributed by atoms with van der Waals surface area (Å²) in [6, 6.07) is 7.73. The van der Waals surface area contributed by atoms with Crippen LogP contribution < -0.4 is 0 Å². The number of hydrogen-bond donors (Lipinski definition) is 0. The number of carbonyl (C=O) groups is 2. The Labute approximate surface area is 141 Å². The highest BCUT2D eigenvalue weighted by molar-refractivity contribution is 8.18. The van der Waals surface area contributed by atoms with Gasteiger partial charge < -0.3 is 0 Å². The van der Waals surface area contributed by atoms with Gasteiger partial charge in [0.1, 0.15) is 5.82 Å². The zero-order valence-electron chi connectivity index (χ0n) is 11.7. The summed E-state index contributed by atoms with van der Waals surface area (Å²) in [5.41, 5.74) is 0.834. The second kappa shape index (κ2) is 6.52. The molecule has 0 bridgehead atoms. The van der Waals surface area contributed by atoms with E-state index in [1.165, 1.54) is 18.2 Å². The number of hydrogen-bond acceptors (Lipinski definition) is 4. The standard InChI is InChI=1S/C16H10ClFN2O2S/c17-12-4-1-5-13(18)11(12)9-20-15(21)14(23-16(20)22)7-10-3-2-6-19-8-10/h1-8H,9H2/b14-7-. The Morgan fingerprint density at radius 3 is 2.78 bits per heavy atom. The minimum Gasteiger partial charge on any atom is -0.268 e. The van der Waals surface area contributed by atoms with Crippen LogP contribution >= 0.6 is 23.4 Å². The first kappa shape index (κ1) is 15.7. The van der Waals surface area contributed by atoms with Crippen molar-refractivity contribution in [2.24, 2.45) is 0 Å². The zero-order valence-corrected chi connectivity index (χ0v) is 13.3. The summed E-state index contributed by atoms with van der Waals surface area (Å²) in [5.74, 6) is -1.02. The first-order valence-corrected chi connectivity index (χ1v) is 7.84. The Bertz CT molecular complexity index is 791. The van der Waals surface area contributed by atoms with Gasteiger partial charge in [-0.15, -0.1) is 0 Å². The number of halogens is 2. The van der Waals surface area contributed by atoms with Crippen molar-refractivity contribution in [3.63, 3.8) is 0 Å². The molecule has 1 fully saturated rings. The van der Waals surface area contributed by atoms with Crippen LogP contribution in [-0.4, -0.2) is 21.0 Å². The van der Waals surface area contributed by atoms with Gasteiger partial charge in [-0.3, -0.25) is 19.5 Å². The summed E-state index contributed by atoms with van der Waals surface area (Å²) >= 11 is 6.76.